The van der Waals surface area contributed by atoms with E-state index < -0.39 is 0 Å². The minimum atomic E-state index is 0.664. The maximum Gasteiger partial charge on any atom is 0.161 e. The zero-order chi connectivity index (χ0) is 20.5. The Labute approximate surface area is 173 Å². The number of imidazole rings is 1. The Morgan fingerprint density at radius 1 is 0.767 bits per heavy atom. The van der Waals surface area contributed by atoms with Gasteiger partial charge in [0.05, 0.1) is 44.3 Å². The van der Waals surface area contributed by atoms with E-state index in [9.17, 15) is 0 Å². The molecule has 5 aromatic rings. The summed E-state index contributed by atoms with van der Waals surface area (Å²) in [4.78, 5) is 4.50. The summed E-state index contributed by atoms with van der Waals surface area (Å²) in [6.07, 6.45) is 5.25. The second kappa shape index (κ2) is 7.40. The van der Waals surface area contributed by atoms with E-state index in [1.807, 2.05) is 47.1 Å². The molecule has 0 N–H and O–H groups in total. The topological polar surface area (TPSA) is 61.8 Å². The van der Waals surface area contributed by atoms with Gasteiger partial charge < -0.3 is 13.9 Å². The molecule has 0 bridgehead atoms. The van der Waals surface area contributed by atoms with Gasteiger partial charge in [-0.3, -0.25) is 0 Å². The lowest BCUT2D eigenvalue weighted by molar-refractivity contribution is 0.355. The van der Waals surface area contributed by atoms with Crippen LogP contribution in [0.4, 0.5) is 0 Å². The molecule has 0 aliphatic heterocycles. The van der Waals surface area contributed by atoms with Crippen LogP contribution in [0.5, 0.6) is 11.5 Å². The molecule has 6 nitrogen and oxygen atoms in total. The average molecular weight is 397 g/mol. The Kier molecular flexibility index (Phi) is 4.44. The number of hydrogen-bond donors (Lipinski definition) is 0. The minimum absolute atomic E-state index is 0.664. The Bertz CT molecular complexity index is 1310. The normalized spacial score (nSPS) is 11.0. The van der Waals surface area contributed by atoms with E-state index in [1.54, 1.807) is 26.7 Å². The summed E-state index contributed by atoms with van der Waals surface area (Å²) in [5.74, 6) is 1.35. The largest absolute Gasteiger partial charge is 0.493 e. The molecular weight excluding hydrogens is 378 g/mol. The predicted octanol–water partition coefficient (Wildman–Crippen LogP) is 5.34. The van der Waals surface area contributed by atoms with Gasteiger partial charge in [0.15, 0.2) is 17.1 Å². The Morgan fingerprint density at radius 3 is 2.27 bits per heavy atom. The summed E-state index contributed by atoms with van der Waals surface area (Å²) < 4.78 is 17.8. The van der Waals surface area contributed by atoms with Gasteiger partial charge in [-0.1, -0.05) is 24.3 Å². The standard InChI is InChI=1S/C24H19N3O3/c1-28-22-9-7-18(13-23(22)29-2)20-8-10-24-25-14-21(27(24)26-20)17-5-3-16(4-6-17)19-11-12-30-15-19/h3-15H,1-2H3. The van der Waals surface area contributed by atoms with Crippen LogP contribution in [-0.4, -0.2) is 28.8 Å². The maximum atomic E-state index is 5.43. The van der Waals surface area contributed by atoms with Crippen molar-refractivity contribution >= 4 is 5.65 Å². The molecule has 30 heavy (non-hydrogen) atoms. The second-order valence-electron chi connectivity index (χ2n) is 6.79. The van der Waals surface area contributed by atoms with Gasteiger partial charge in [-0.15, -0.1) is 0 Å². The van der Waals surface area contributed by atoms with Gasteiger partial charge in [-0.05, 0) is 42.0 Å². The fourth-order valence-electron chi connectivity index (χ4n) is 3.48. The lowest BCUT2D eigenvalue weighted by atomic mass is 10.1. The SMILES string of the molecule is COc1ccc(-c2ccc3ncc(-c4ccc(-c5ccoc5)cc4)n3n2)cc1OC. The van der Waals surface area contributed by atoms with Crippen LogP contribution in [-0.2, 0) is 0 Å². The Hall–Kier alpha value is -4.06. The number of nitrogens with zero attached hydrogens (tertiary/aromatic N) is 3. The third kappa shape index (κ3) is 3.08. The summed E-state index contributed by atoms with van der Waals surface area (Å²) in [6.45, 7) is 0. The van der Waals surface area contributed by atoms with Crippen molar-refractivity contribution in [1.29, 1.82) is 0 Å². The van der Waals surface area contributed by atoms with Crippen LogP contribution in [0, 0.1) is 0 Å². The molecule has 3 aromatic heterocycles. The number of benzene rings is 2. The van der Waals surface area contributed by atoms with Crippen LogP contribution in [0.15, 0.2) is 83.8 Å². The van der Waals surface area contributed by atoms with E-state index in [2.05, 4.69) is 29.2 Å². The molecule has 0 spiro atoms. The first kappa shape index (κ1) is 18.0. The molecule has 5 rings (SSSR count). The van der Waals surface area contributed by atoms with Crippen LogP contribution in [0.3, 0.4) is 0 Å². The molecule has 0 aliphatic carbocycles. The monoisotopic (exact) mass is 397 g/mol. The number of rotatable bonds is 5. The molecule has 0 saturated carbocycles. The molecule has 0 saturated heterocycles. The summed E-state index contributed by atoms with van der Waals surface area (Å²) in [5.41, 5.74) is 6.64. The molecule has 0 atom stereocenters. The second-order valence-corrected chi connectivity index (χ2v) is 6.79. The van der Waals surface area contributed by atoms with E-state index in [0.29, 0.717) is 11.5 Å². The third-order valence-corrected chi connectivity index (χ3v) is 5.08. The fraction of sp³-hybridized carbons (Fsp3) is 0.0833. The van der Waals surface area contributed by atoms with Crippen molar-refractivity contribution in [3.05, 3.63) is 79.4 Å². The third-order valence-electron chi connectivity index (χ3n) is 5.08. The molecule has 148 valence electrons. The summed E-state index contributed by atoms with van der Waals surface area (Å²) in [7, 11) is 3.25. The predicted molar refractivity (Wildman–Crippen MR) is 115 cm³/mol. The van der Waals surface area contributed by atoms with Crippen molar-refractivity contribution < 1.29 is 13.9 Å². The van der Waals surface area contributed by atoms with Gasteiger partial charge >= 0.3 is 0 Å². The van der Waals surface area contributed by atoms with Gasteiger partial charge in [-0.2, -0.15) is 5.10 Å². The van der Waals surface area contributed by atoms with Crippen LogP contribution >= 0.6 is 0 Å². The first-order chi connectivity index (χ1) is 14.8. The lowest BCUT2D eigenvalue weighted by Crippen LogP contribution is -1.97. The molecular formula is C24H19N3O3. The molecule has 3 heterocycles. The smallest absolute Gasteiger partial charge is 0.161 e. The van der Waals surface area contributed by atoms with Crippen molar-refractivity contribution in [3.8, 4) is 45.1 Å². The van der Waals surface area contributed by atoms with Crippen LogP contribution in [0.2, 0.25) is 0 Å². The Morgan fingerprint density at radius 2 is 1.53 bits per heavy atom. The van der Waals surface area contributed by atoms with Gasteiger partial charge in [0.1, 0.15) is 0 Å². The summed E-state index contributed by atoms with van der Waals surface area (Å²) >= 11 is 0. The molecule has 0 fully saturated rings. The first-order valence-electron chi connectivity index (χ1n) is 9.47. The minimum Gasteiger partial charge on any atom is -0.493 e. The van der Waals surface area contributed by atoms with E-state index in [4.69, 9.17) is 19.0 Å². The van der Waals surface area contributed by atoms with Gasteiger partial charge in [-0.25, -0.2) is 9.50 Å². The van der Waals surface area contributed by atoms with E-state index in [-0.39, 0.29) is 0 Å². The molecule has 0 radical (unpaired) electrons. The van der Waals surface area contributed by atoms with Gasteiger partial charge in [0.25, 0.3) is 0 Å². The highest BCUT2D eigenvalue weighted by Gasteiger charge is 2.12. The van der Waals surface area contributed by atoms with E-state index in [0.717, 1.165) is 39.3 Å². The maximum absolute atomic E-state index is 5.43. The quantitative estimate of drug-likeness (QED) is 0.401. The van der Waals surface area contributed by atoms with Crippen molar-refractivity contribution in [3.63, 3.8) is 0 Å². The van der Waals surface area contributed by atoms with Gasteiger partial charge in [0.2, 0.25) is 0 Å². The zero-order valence-corrected chi connectivity index (χ0v) is 16.6. The van der Waals surface area contributed by atoms with Crippen molar-refractivity contribution in [2.45, 2.75) is 0 Å². The highest BCUT2D eigenvalue weighted by molar-refractivity contribution is 5.70. The highest BCUT2D eigenvalue weighted by Crippen LogP contribution is 2.32. The van der Waals surface area contributed by atoms with Crippen LogP contribution < -0.4 is 9.47 Å². The number of methoxy groups -OCH3 is 2. The van der Waals surface area contributed by atoms with Crippen molar-refractivity contribution in [1.82, 2.24) is 14.6 Å². The number of aromatic nitrogens is 3. The fourth-order valence-corrected chi connectivity index (χ4v) is 3.48. The Balaban J connectivity index is 1.55. The number of hydrogen-bond acceptors (Lipinski definition) is 5. The van der Waals surface area contributed by atoms with Crippen LogP contribution in [0.25, 0.3) is 39.3 Å². The zero-order valence-electron chi connectivity index (χ0n) is 16.6. The lowest BCUT2D eigenvalue weighted by Gasteiger charge is -2.10. The molecule has 6 heteroatoms. The van der Waals surface area contributed by atoms with Crippen molar-refractivity contribution in [2.24, 2.45) is 0 Å². The number of ether oxygens (including phenoxy) is 2. The molecule has 0 aliphatic rings. The van der Waals surface area contributed by atoms with Crippen molar-refractivity contribution in [2.75, 3.05) is 14.2 Å². The summed E-state index contributed by atoms with van der Waals surface area (Å²) in [5, 5.41) is 4.83. The molecule has 0 amide bonds. The summed E-state index contributed by atoms with van der Waals surface area (Å²) in [6, 6.07) is 19.9. The van der Waals surface area contributed by atoms with Crippen LogP contribution in [0.1, 0.15) is 0 Å². The molecule has 0 unspecified atom stereocenters. The van der Waals surface area contributed by atoms with E-state index in [1.165, 1.54) is 0 Å². The van der Waals surface area contributed by atoms with E-state index >= 15 is 0 Å². The van der Waals surface area contributed by atoms with Gasteiger partial charge in [0, 0.05) is 16.7 Å². The number of furan rings is 1. The number of fused-ring (bicyclic) bond motifs is 1. The average Bonchev–Trinajstić information content (AvgIpc) is 3.48. The molecule has 2 aromatic carbocycles. The first-order valence-corrected chi connectivity index (χ1v) is 9.47. The highest BCUT2D eigenvalue weighted by atomic mass is 16.5.